The molecule has 0 aliphatic rings. The van der Waals surface area contributed by atoms with Crippen LogP contribution in [0.3, 0.4) is 0 Å². The van der Waals surface area contributed by atoms with Crippen LogP contribution < -0.4 is 0 Å². The zero-order valence-electron chi connectivity index (χ0n) is 14.3. The number of esters is 2. The first-order valence-electron chi connectivity index (χ1n) is 7.75. The molecule has 9 nitrogen and oxygen atoms in total. The van der Waals surface area contributed by atoms with Crippen molar-refractivity contribution >= 4 is 23.5 Å². The van der Waals surface area contributed by atoms with Gasteiger partial charge in [0.15, 0.2) is 6.61 Å². The quantitative estimate of drug-likeness (QED) is 0.398. The molecule has 25 heavy (non-hydrogen) atoms. The first-order valence-corrected chi connectivity index (χ1v) is 7.75. The number of ether oxygens (including phenoxy) is 2. The molecular weight excluding hydrogens is 332 g/mol. The summed E-state index contributed by atoms with van der Waals surface area (Å²) in [7, 11) is 0. The van der Waals surface area contributed by atoms with Crippen LogP contribution in [0.1, 0.15) is 41.5 Å². The third kappa shape index (κ3) is 5.55. The lowest BCUT2D eigenvalue weighted by molar-refractivity contribution is -0.384. The van der Waals surface area contributed by atoms with E-state index in [4.69, 9.17) is 9.47 Å². The van der Waals surface area contributed by atoms with Gasteiger partial charge < -0.3 is 14.4 Å². The highest BCUT2D eigenvalue weighted by Crippen LogP contribution is 2.19. The molecule has 136 valence electrons. The molecule has 0 radical (unpaired) electrons. The van der Waals surface area contributed by atoms with E-state index in [2.05, 4.69) is 0 Å². The molecule has 0 aromatic heterocycles. The van der Waals surface area contributed by atoms with Crippen LogP contribution in [0.4, 0.5) is 5.69 Å². The first kappa shape index (κ1) is 20.1. The van der Waals surface area contributed by atoms with E-state index in [1.54, 1.807) is 20.8 Å². The fourth-order valence-corrected chi connectivity index (χ4v) is 2.04. The molecule has 0 heterocycles. The number of hydrogen-bond acceptors (Lipinski definition) is 7. The number of carbonyl (C=O) groups excluding carboxylic acids is 3. The van der Waals surface area contributed by atoms with Gasteiger partial charge in [-0.1, -0.05) is 0 Å². The Labute approximate surface area is 144 Å². The van der Waals surface area contributed by atoms with Crippen molar-refractivity contribution in [1.82, 2.24) is 4.90 Å². The molecule has 0 spiro atoms. The molecule has 0 bridgehead atoms. The van der Waals surface area contributed by atoms with Crippen LogP contribution in [0.5, 0.6) is 0 Å². The van der Waals surface area contributed by atoms with Crippen LogP contribution in [-0.4, -0.2) is 54.0 Å². The number of carbonyl (C=O) groups is 3. The topological polar surface area (TPSA) is 116 Å². The average molecular weight is 352 g/mol. The predicted molar refractivity (Wildman–Crippen MR) is 87.3 cm³/mol. The molecule has 0 atom stereocenters. The Morgan fingerprint density at radius 3 is 1.96 bits per heavy atom. The van der Waals surface area contributed by atoms with Gasteiger partial charge in [-0.2, -0.15) is 0 Å². The van der Waals surface area contributed by atoms with Crippen molar-refractivity contribution in [3.05, 3.63) is 39.4 Å². The second-order valence-electron chi connectivity index (χ2n) is 4.89. The van der Waals surface area contributed by atoms with E-state index in [1.807, 2.05) is 0 Å². The molecule has 9 heteroatoms. The van der Waals surface area contributed by atoms with Gasteiger partial charge in [-0.25, -0.2) is 9.59 Å². The minimum atomic E-state index is -0.935. The fourth-order valence-electron chi connectivity index (χ4n) is 2.04. The molecule has 1 rings (SSSR count). The van der Waals surface area contributed by atoms with Crippen LogP contribution in [0, 0.1) is 10.1 Å². The van der Waals surface area contributed by atoms with Crippen LogP contribution >= 0.6 is 0 Å². The van der Waals surface area contributed by atoms with Gasteiger partial charge in [-0.15, -0.1) is 0 Å². The zero-order chi connectivity index (χ0) is 19.0. The maximum Gasteiger partial charge on any atom is 0.338 e. The number of nitro groups is 1. The van der Waals surface area contributed by atoms with Gasteiger partial charge in [0.1, 0.15) is 0 Å². The third-order valence-corrected chi connectivity index (χ3v) is 3.32. The highest BCUT2D eigenvalue weighted by Gasteiger charge is 2.20. The van der Waals surface area contributed by atoms with Crippen LogP contribution in [0.25, 0.3) is 0 Å². The van der Waals surface area contributed by atoms with E-state index in [1.165, 1.54) is 4.90 Å². The Bertz CT molecular complexity index is 668. The van der Waals surface area contributed by atoms with E-state index in [-0.39, 0.29) is 23.6 Å². The Balaban J connectivity index is 2.98. The Kier molecular flexibility index (Phi) is 7.51. The number of rotatable bonds is 8. The lowest BCUT2D eigenvalue weighted by atomic mass is 10.1. The number of benzene rings is 1. The van der Waals surface area contributed by atoms with Gasteiger partial charge in [0, 0.05) is 25.2 Å². The normalized spacial score (nSPS) is 10.0. The Morgan fingerprint density at radius 2 is 1.52 bits per heavy atom. The summed E-state index contributed by atoms with van der Waals surface area (Å²) in [5, 5.41) is 11.0. The fraction of sp³-hybridized carbons (Fsp3) is 0.438. The molecule has 0 unspecified atom stereocenters. The van der Waals surface area contributed by atoms with Gasteiger partial charge >= 0.3 is 11.9 Å². The zero-order valence-corrected chi connectivity index (χ0v) is 14.3. The van der Waals surface area contributed by atoms with Crippen LogP contribution in [0.2, 0.25) is 0 Å². The number of nitro benzene ring substituents is 1. The smallest absolute Gasteiger partial charge is 0.338 e. The maximum atomic E-state index is 12.1. The molecule has 1 amide bonds. The maximum absolute atomic E-state index is 12.1. The van der Waals surface area contributed by atoms with Crippen molar-refractivity contribution in [2.75, 3.05) is 26.3 Å². The lowest BCUT2D eigenvalue weighted by Crippen LogP contribution is -2.34. The number of non-ortho nitro benzene ring substituents is 1. The summed E-state index contributed by atoms with van der Waals surface area (Å²) in [6.07, 6.45) is 0. The molecular formula is C16H20N2O7. The van der Waals surface area contributed by atoms with Crippen molar-refractivity contribution in [3.8, 4) is 0 Å². The summed E-state index contributed by atoms with van der Waals surface area (Å²) in [5.41, 5.74) is -0.796. The number of likely N-dealkylation sites (N-methyl/N-ethyl adjacent to an activating group) is 1. The SMILES string of the molecule is CCOC(=O)c1cc(C(=O)OCC(=O)N(CC)CC)cc([N+](=O)[O-])c1. The Hall–Kier alpha value is -2.97. The molecule has 0 aliphatic heterocycles. The van der Waals surface area contributed by atoms with Crippen molar-refractivity contribution in [3.63, 3.8) is 0 Å². The number of nitrogens with zero attached hydrogens (tertiary/aromatic N) is 2. The first-order chi connectivity index (χ1) is 11.8. The second-order valence-corrected chi connectivity index (χ2v) is 4.89. The van der Waals surface area contributed by atoms with E-state index >= 15 is 0 Å². The molecule has 0 aliphatic carbocycles. The summed E-state index contributed by atoms with van der Waals surface area (Å²) < 4.78 is 9.68. The van der Waals surface area contributed by atoms with Gasteiger partial charge in [-0.3, -0.25) is 14.9 Å². The van der Waals surface area contributed by atoms with Crippen LogP contribution in [0.15, 0.2) is 18.2 Å². The second kappa shape index (κ2) is 9.36. The number of amides is 1. The van der Waals surface area contributed by atoms with Gasteiger partial charge in [0.2, 0.25) is 0 Å². The van der Waals surface area contributed by atoms with Gasteiger partial charge in [-0.05, 0) is 26.8 Å². The summed E-state index contributed by atoms with van der Waals surface area (Å²) in [5.74, 6) is -2.11. The summed E-state index contributed by atoms with van der Waals surface area (Å²) >= 11 is 0. The lowest BCUT2D eigenvalue weighted by Gasteiger charge is -2.18. The largest absolute Gasteiger partial charge is 0.462 e. The van der Waals surface area contributed by atoms with Gasteiger partial charge in [0.25, 0.3) is 11.6 Å². The van der Waals surface area contributed by atoms with Crippen molar-refractivity contribution < 1.29 is 28.8 Å². The van der Waals surface area contributed by atoms with E-state index < -0.39 is 29.2 Å². The minimum absolute atomic E-state index is 0.0830. The molecule has 1 aromatic rings. The summed E-state index contributed by atoms with van der Waals surface area (Å²) in [6.45, 7) is 5.69. The summed E-state index contributed by atoms with van der Waals surface area (Å²) in [6, 6.07) is 3.12. The van der Waals surface area contributed by atoms with Gasteiger partial charge in [0.05, 0.1) is 22.7 Å². The molecule has 0 N–H and O–H groups in total. The van der Waals surface area contributed by atoms with E-state index in [0.717, 1.165) is 18.2 Å². The van der Waals surface area contributed by atoms with Crippen molar-refractivity contribution in [1.29, 1.82) is 0 Å². The average Bonchev–Trinajstić information content (AvgIpc) is 2.60. The van der Waals surface area contributed by atoms with E-state index in [0.29, 0.717) is 13.1 Å². The third-order valence-electron chi connectivity index (χ3n) is 3.32. The monoisotopic (exact) mass is 352 g/mol. The highest BCUT2D eigenvalue weighted by atomic mass is 16.6. The summed E-state index contributed by atoms with van der Waals surface area (Å²) in [4.78, 5) is 47.4. The predicted octanol–water partition coefficient (Wildman–Crippen LogP) is 1.80. The van der Waals surface area contributed by atoms with Crippen molar-refractivity contribution in [2.24, 2.45) is 0 Å². The van der Waals surface area contributed by atoms with E-state index in [9.17, 15) is 24.5 Å². The molecule has 0 saturated heterocycles. The molecule has 0 fully saturated rings. The highest BCUT2D eigenvalue weighted by molar-refractivity contribution is 5.97. The molecule has 0 saturated carbocycles. The minimum Gasteiger partial charge on any atom is -0.462 e. The van der Waals surface area contributed by atoms with Crippen LogP contribution in [-0.2, 0) is 14.3 Å². The Morgan fingerprint density at radius 1 is 1.00 bits per heavy atom. The number of hydrogen-bond donors (Lipinski definition) is 0. The molecule has 1 aromatic carbocycles. The standard InChI is InChI=1S/C16H20N2O7/c1-4-17(5-2)14(19)10-25-16(21)12-7-11(15(20)24-6-3)8-13(9-12)18(22)23/h7-9H,4-6,10H2,1-3H3. The van der Waals surface area contributed by atoms with Crippen molar-refractivity contribution in [2.45, 2.75) is 20.8 Å².